The first-order chi connectivity index (χ1) is 13.6. The van der Waals surface area contributed by atoms with Gasteiger partial charge in [-0.05, 0) is 69.2 Å². The summed E-state index contributed by atoms with van der Waals surface area (Å²) >= 11 is 0. The second kappa shape index (κ2) is 7.16. The normalized spacial score (nSPS) is 24.4. The van der Waals surface area contributed by atoms with Gasteiger partial charge in [0.1, 0.15) is 11.4 Å². The van der Waals surface area contributed by atoms with E-state index >= 15 is 0 Å². The Balaban J connectivity index is 1.71. The van der Waals surface area contributed by atoms with Crippen molar-refractivity contribution in [2.75, 3.05) is 5.32 Å². The molecule has 1 heterocycles. The molecule has 1 aromatic carbocycles. The van der Waals surface area contributed by atoms with Crippen LogP contribution in [-0.2, 0) is 19.0 Å². The maximum absolute atomic E-state index is 12.9. The van der Waals surface area contributed by atoms with Crippen molar-refractivity contribution in [3.63, 3.8) is 0 Å². The van der Waals surface area contributed by atoms with Crippen molar-refractivity contribution >= 4 is 5.82 Å². The van der Waals surface area contributed by atoms with Gasteiger partial charge in [-0.15, -0.1) is 10.2 Å². The fraction of sp³-hybridized carbons (Fsp3) is 0.524. The lowest BCUT2D eigenvalue weighted by Crippen LogP contribution is -2.48. The highest BCUT2D eigenvalue weighted by atomic mass is 19.4. The monoisotopic (exact) mass is 407 g/mol. The molecular weight excluding hydrogens is 383 g/mol. The molecule has 1 aromatic heterocycles. The molecular formula is C21H24F3N3O2. The molecule has 4 rings (SSSR count). The number of alkyl halides is 3. The van der Waals surface area contributed by atoms with E-state index in [1.165, 1.54) is 6.07 Å². The molecule has 0 atom stereocenters. The van der Waals surface area contributed by atoms with Gasteiger partial charge in [0.25, 0.3) is 0 Å². The van der Waals surface area contributed by atoms with Gasteiger partial charge in [-0.2, -0.15) is 13.2 Å². The number of nitrogens with one attached hydrogen (secondary N) is 1. The predicted molar refractivity (Wildman–Crippen MR) is 103 cm³/mol. The van der Waals surface area contributed by atoms with Gasteiger partial charge in [0, 0.05) is 17.2 Å². The predicted octanol–water partition coefficient (Wildman–Crippen LogP) is 4.46. The van der Waals surface area contributed by atoms with E-state index in [0.29, 0.717) is 24.4 Å². The van der Waals surface area contributed by atoms with E-state index in [4.69, 9.17) is 0 Å². The fourth-order valence-electron chi connectivity index (χ4n) is 4.36. The Morgan fingerprint density at radius 1 is 1.07 bits per heavy atom. The summed E-state index contributed by atoms with van der Waals surface area (Å²) in [6.45, 7) is 1.80. The third-order valence-electron chi connectivity index (χ3n) is 5.83. The van der Waals surface area contributed by atoms with Crippen molar-refractivity contribution in [1.29, 1.82) is 0 Å². The van der Waals surface area contributed by atoms with Crippen molar-refractivity contribution in [2.45, 2.75) is 69.7 Å². The lowest BCUT2D eigenvalue weighted by molar-refractivity contribution is -0.137. The molecule has 2 aromatic rings. The molecule has 0 bridgehead atoms. The van der Waals surface area contributed by atoms with Crippen LogP contribution in [0.15, 0.2) is 18.2 Å². The summed E-state index contributed by atoms with van der Waals surface area (Å²) in [5, 5.41) is 32.2. The number of nitrogens with zero attached hydrogens (tertiary/aromatic N) is 2. The molecule has 2 aliphatic rings. The van der Waals surface area contributed by atoms with Crippen molar-refractivity contribution in [3.05, 3.63) is 34.9 Å². The largest absolute Gasteiger partial charge is 0.507 e. The Kier molecular flexibility index (Phi) is 4.93. The van der Waals surface area contributed by atoms with Gasteiger partial charge in [-0.25, -0.2) is 0 Å². The third kappa shape index (κ3) is 4.03. The molecule has 1 fully saturated rings. The highest BCUT2D eigenvalue weighted by molar-refractivity contribution is 5.73. The summed E-state index contributed by atoms with van der Waals surface area (Å²) in [4.78, 5) is 0. The molecule has 0 unspecified atom stereocenters. The van der Waals surface area contributed by atoms with Crippen LogP contribution in [0, 0.1) is 0 Å². The minimum absolute atomic E-state index is 0.122. The number of aromatic hydroxyl groups is 1. The van der Waals surface area contributed by atoms with Gasteiger partial charge < -0.3 is 15.5 Å². The maximum Gasteiger partial charge on any atom is 0.416 e. The minimum atomic E-state index is -4.52. The summed E-state index contributed by atoms with van der Waals surface area (Å²) in [6.07, 6.45) is 1.26. The van der Waals surface area contributed by atoms with Gasteiger partial charge in [0.2, 0.25) is 0 Å². The quantitative estimate of drug-likeness (QED) is 0.655. The summed E-state index contributed by atoms with van der Waals surface area (Å²) in [5.74, 6) is 0.230. The number of rotatable bonds is 3. The number of fused-ring (bicyclic) bond motifs is 1. The first kappa shape index (κ1) is 19.9. The van der Waals surface area contributed by atoms with E-state index in [-0.39, 0.29) is 11.6 Å². The van der Waals surface area contributed by atoms with Crippen LogP contribution < -0.4 is 5.32 Å². The van der Waals surface area contributed by atoms with Crippen LogP contribution in [-0.4, -0.2) is 32.1 Å². The lowest BCUT2D eigenvalue weighted by Gasteiger charge is -2.41. The molecule has 0 aliphatic heterocycles. The Morgan fingerprint density at radius 3 is 2.38 bits per heavy atom. The van der Waals surface area contributed by atoms with Crippen molar-refractivity contribution in [2.24, 2.45) is 0 Å². The topological polar surface area (TPSA) is 78.3 Å². The van der Waals surface area contributed by atoms with Gasteiger partial charge in [0.15, 0.2) is 5.82 Å². The zero-order valence-electron chi connectivity index (χ0n) is 16.2. The van der Waals surface area contributed by atoms with Crippen LogP contribution in [0.3, 0.4) is 0 Å². The van der Waals surface area contributed by atoms with Gasteiger partial charge >= 0.3 is 6.18 Å². The zero-order valence-corrected chi connectivity index (χ0v) is 16.2. The lowest BCUT2D eigenvalue weighted by atomic mass is 9.77. The smallest absolute Gasteiger partial charge is 0.416 e. The van der Waals surface area contributed by atoms with E-state index in [0.717, 1.165) is 55.4 Å². The first-order valence-electron chi connectivity index (χ1n) is 9.92. The summed E-state index contributed by atoms with van der Waals surface area (Å²) in [6, 6.07) is 3.09. The molecule has 156 valence electrons. The molecule has 0 saturated heterocycles. The Morgan fingerprint density at radius 2 is 1.76 bits per heavy atom. The Labute approximate surface area is 167 Å². The van der Waals surface area contributed by atoms with E-state index < -0.39 is 23.1 Å². The summed E-state index contributed by atoms with van der Waals surface area (Å²) < 4.78 is 38.8. The number of halogens is 3. The number of aromatic nitrogens is 2. The fourth-order valence-corrected chi connectivity index (χ4v) is 4.36. The average Bonchev–Trinajstić information content (AvgIpc) is 2.86. The van der Waals surface area contributed by atoms with Crippen molar-refractivity contribution in [3.8, 4) is 17.0 Å². The van der Waals surface area contributed by atoms with Crippen LogP contribution in [0.5, 0.6) is 5.75 Å². The number of benzene rings is 1. The molecule has 2 aliphatic carbocycles. The van der Waals surface area contributed by atoms with E-state index in [1.807, 2.05) is 0 Å². The van der Waals surface area contributed by atoms with Crippen LogP contribution in [0.1, 0.15) is 55.7 Å². The second-order valence-corrected chi connectivity index (χ2v) is 8.39. The van der Waals surface area contributed by atoms with Crippen LogP contribution in [0.2, 0.25) is 0 Å². The zero-order chi connectivity index (χ0) is 20.8. The average molecular weight is 407 g/mol. The number of phenols is 1. The van der Waals surface area contributed by atoms with Crippen molar-refractivity contribution < 1.29 is 23.4 Å². The maximum atomic E-state index is 12.9. The molecule has 0 spiro atoms. The van der Waals surface area contributed by atoms with Gasteiger partial charge in [-0.3, -0.25) is 0 Å². The molecule has 1 saturated carbocycles. The number of hydrogen-bond donors (Lipinski definition) is 3. The standard InChI is InChI=1S/C21H24F3N3O2/c1-20(29)10-13(11-20)25-19-15-6-4-2-3-5-14(15)18(26-27-19)16-8-7-12(9-17(16)28)21(22,23)24/h7-9,13,28-29H,2-6,10-11H2,1H3,(H,25,27). The number of anilines is 1. The summed E-state index contributed by atoms with van der Waals surface area (Å²) in [7, 11) is 0. The van der Waals surface area contributed by atoms with Crippen molar-refractivity contribution in [1.82, 2.24) is 10.2 Å². The number of hydrogen-bond acceptors (Lipinski definition) is 5. The molecule has 0 amide bonds. The molecule has 5 nitrogen and oxygen atoms in total. The number of phenolic OH excluding ortho intramolecular Hbond substituents is 1. The minimum Gasteiger partial charge on any atom is -0.507 e. The highest BCUT2D eigenvalue weighted by Crippen LogP contribution is 2.40. The van der Waals surface area contributed by atoms with Gasteiger partial charge in [-0.1, -0.05) is 6.42 Å². The SMILES string of the molecule is CC1(O)CC(Nc2nnc(-c3ccc(C(F)(F)F)cc3O)c3c2CCCCC3)C1. The molecule has 3 N–H and O–H groups in total. The molecule has 0 radical (unpaired) electrons. The third-order valence-corrected chi connectivity index (χ3v) is 5.83. The van der Waals surface area contributed by atoms with E-state index in [1.54, 1.807) is 6.92 Å². The van der Waals surface area contributed by atoms with Gasteiger partial charge in [0.05, 0.1) is 11.2 Å². The number of aliphatic hydroxyl groups is 1. The summed E-state index contributed by atoms with van der Waals surface area (Å²) in [5.41, 5.74) is 1.10. The van der Waals surface area contributed by atoms with Crippen LogP contribution >= 0.6 is 0 Å². The Bertz CT molecular complexity index is 920. The molecule has 29 heavy (non-hydrogen) atoms. The highest BCUT2D eigenvalue weighted by Gasteiger charge is 2.39. The second-order valence-electron chi connectivity index (χ2n) is 8.39. The Hall–Kier alpha value is -2.35. The van der Waals surface area contributed by atoms with E-state index in [2.05, 4.69) is 15.5 Å². The van der Waals surface area contributed by atoms with E-state index in [9.17, 15) is 23.4 Å². The van der Waals surface area contributed by atoms with Crippen LogP contribution in [0.25, 0.3) is 11.3 Å². The van der Waals surface area contributed by atoms with Crippen LogP contribution in [0.4, 0.5) is 19.0 Å². The molecule has 8 heteroatoms. The first-order valence-corrected chi connectivity index (χ1v) is 9.92.